The van der Waals surface area contributed by atoms with Crippen molar-refractivity contribution in [1.29, 1.82) is 0 Å². The molecule has 3 aromatic rings. The number of esters is 1. The third kappa shape index (κ3) is 3.30. The Balaban J connectivity index is 1.44. The summed E-state index contributed by atoms with van der Waals surface area (Å²) in [6.45, 7) is 1.99. The van der Waals surface area contributed by atoms with Crippen LogP contribution in [0.1, 0.15) is 16.3 Å². The van der Waals surface area contributed by atoms with Crippen LogP contribution in [0.15, 0.2) is 29.1 Å². The van der Waals surface area contributed by atoms with Crippen molar-refractivity contribution in [3.63, 3.8) is 0 Å². The number of rotatable bonds is 3. The van der Waals surface area contributed by atoms with Gasteiger partial charge in [0.15, 0.2) is 5.01 Å². The molecule has 0 aliphatic carbocycles. The number of ether oxygens (including phenoxy) is 2. The monoisotopic (exact) mass is 391 g/mol. The summed E-state index contributed by atoms with van der Waals surface area (Å²) < 4.78 is 12.2. The first-order valence-corrected chi connectivity index (χ1v) is 9.13. The number of halogens is 1. The number of benzene rings is 1. The van der Waals surface area contributed by atoms with Crippen LogP contribution in [0.5, 0.6) is 5.75 Å². The van der Waals surface area contributed by atoms with Gasteiger partial charge in [0.2, 0.25) is 4.96 Å². The van der Waals surface area contributed by atoms with Gasteiger partial charge in [0.05, 0.1) is 5.92 Å². The fraction of sp³-hybridized carbons (Fsp3) is 0.294. The van der Waals surface area contributed by atoms with Crippen LogP contribution in [0.25, 0.3) is 4.96 Å². The first-order valence-electron chi connectivity index (χ1n) is 7.94. The van der Waals surface area contributed by atoms with Crippen LogP contribution in [0, 0.1) is 12.8 Å². The summed E-state index contributed by atoms with van der Waals surface area (Å²) in [7, 11) is 0. The second-order valence-corrected chi connectivity index (χ2v) is 7.47. The molecule has 3 heterocycles. The molecule has 9 heteroatoms. The zero-order chi connectivity index (χ0) is 18.3. The van der Waals surface area contributed by atoms with E-state index in [-0.39, 0.29) is 24.7 Å². The molecule has 0 N–H and O–H groups in total. The fourth-order valence-corrected chi connectivity index (χ4v) is 3.84. The minimum Gasteiger partial charge on any atom is -0.492 e. The van der Waals surface area contributed by atoms with E-state index in [2.05, 4.69) is 10.1 Å². The predicted molar refractivity (Wildman–Crippen MR) is 95.8 cm³/mol. The minimum absolute atomic E-state index is 0.00967. The summed E-state index contributed by atoms with van der Waals surface area (Å²) in [5, 5.41) is 5.26. The van der Waals surface area contributed by atoms with Crippen molar-refractivity contribution in [2.75, 3.05) is 6.61 Å². The summed E-state index contributed by atoms with van der Waals surface area (Å²) in [4.78, 5) is 29.0. The Kier molecular flexibility index (Phi) is 4.37. The smallest absolute Gasteiger partial charge is 0.313 e. The number of aromatic nitrogens is 3. The maximum absolute atomic E-state index is 12.4. The molecule has 1 aliphatic rings. The third-order valence-corrected chi connectivity index (χ3v) is 5.13. The van der Waals surface area contributed by atoms with E-state index in [0.29, 0.717) is 27.1 Å². The van der Waals surface area contributed by atoms with Crippen molar-refractivity contribution >= 4 is 33.9 Å². The van der Waals surface area contributed by atoms with Crippen LogP contribution in [-0.2, 0) is 22.6 Å². The van der Waals surface area contributed by atoms with Gasteiger partial charge in [-0.15, -0.1) is 0 Å². The molecule has 0 radical (unpaired) electrons. The van der Waals surface area contributed by atoms with Gasteiger partial charge in [-0.3, -0.25) is 9.59 Å². The first-order chi connectivity index (χ1) is 12.5. The van der Waals surface area contributed by atoms with Crippen molar-refractivity contribution in [3.8, 4) is 5.75 Å². The van der Waals surface area contributed by atoms with Crippen molar-refractivity contribution in [2.45, 2.75) is 20.0 Å². The molecule has 0 amide bonds. The third-order valence-electron chi connectivity index (χ3n) is 4.02. The van der Waals surface area contributed by atoms with Crippen LogP contribution in [0.4, 0.5) is 0 Å². The van der Waals surface area contributed by atoms with Crippen molar-refractivity contribution in [2.24, 2.45) is 5.92 Å². The SMILES string of the molecule is Cc1cc(=O)n2nc(COC(=O)[C@@H]3COc4ccc(Cl)cc4C3)sc2n1. The van der Waals surface area contributed by atoms with E-state index in [1.165, 1.54) is 21.9 Å². The molecule has 134 valence electrons. The molecule has 0 bridgehead atoms. The summed E-state index contributed by atoms with van der Waals surface area (Å²) in [6, 6.07) is 6.76. The van der Waals surface area contributed by atoms with Gasteiger partial charge in [-0.25, -0.2) is 4.98 Å². The molecule has 0 fully saturated rings. The highest BCUT2D eigenvalue weighted by molar-refractivity contribution is 7.16. The number of aryl methyl sites for hydroxylation is 1. The topological polar surface area (TPSA) is 82.8 Å². The Labute approximate surface area is 157 Å². The molecule has 1 aromatic carbocycles. The lowest BCUT2D eigenvalue weighted by Crippen LogP contribution is -2.29. The molecule has 4 rings (SSSR count). The van der Waals surface area contributed by atoms with Gasteiger partial charge in [-0.2, -0.15) is 9.61 Å². The second-order valence-electron chi connectivity index (χ2n) is 6.00. The maximum Gasteiger partial charge on any atom is 0.313 e. The summed E-state index contributed by atoms with van der Waals surface area (Å²) >= 11 is 7.21. The van der Waals surface area contributed by atoms with Crippen LogP contribution < -0.4 is 10.3 Å². The summed E-state index contributed by atoms with van der Waals surface area (Å²) in [5.41, 5.74) is 1.26. The van der Waals surface area contributed by atoms with E-state index < -0.39 is 5.92 Å². The molecule has 0 spiro atoms. The van der Waals surface area contributed by atoms with Crippen LogP contribution in [-0.4, -0.2) is 27.2 Å². The Bertz CT molecular complexity index is 1060. The molecule has 0 unspecified atom stereocenters. The van der Waals surface area contributed by atoms with Gasteiger partial charge in [0, 0.05) is 16.8 Å². The highest BCUT2D eigenvalue weighted by Crippen LogP contribution is 2.30. The highest BCUT2D eigenvalue weighted by Gasteiger charge is 2.27. The standard InChI is InChI=1S/C17H14ClN3O4S/c1-9-4-15(22)21-17(19-9)26-14(20-21)8-25-16(23)11-5-10-6-12(18)2-3-13(10)24-7-11/h2-4,6,11H,5,7-8H2,1H3/t11-/m0/s1. The lowest BCUT2D eigenvalue weighted by Gasteiger charge is -2.23. The molecular weight excluding hydrogens is 378 g/mol. The molecule has 1 aliphatic heterocycles. The number of hydrogen-bond donors (Lipinski definition) is 0. The van der Waals surface area contributed by atoms with Crippen LogP contribution in [0.2, 0.25) is 5.02 Å². The average molecular weight is 392 g/mol. The van der Waals surface area contributed by atoms with Gasteiger partial charge in [-0.1, -0.05) is 22.9 Å². The summed E-state index contributed by atoms with van der Waals surface area (Å²) in [5.74, 6) is -0.0322. The van der Waals surface area contributed by atoms with E-state index in [1.807, 2.05) is 0 Å². The van der Waals surface area contributed by atoms with E-state index in [1.54, 1.807) is 25.1 Å². The lowest BCUT2D eigenvalue weighted by molar-refractivity contribution is -0.151. The largest absolute Gasteiger partial charge is 0.492 e. The Morgan fingerprint density at radius 2 is 2.31 bits per heavy atom. The van der Waals surface area contributed by atoms with Crippen LogP contribution >= 0.6 is 22.9 Å². The quantitative estimate of drug-likeness (QED) is 0.637. The van der Waals surface area contributed by atoms with Gasteiger partial charge in [0.1, 0.15) is 19.0 Å². The molecule has 0 saturated carbocycles. The number of carbonyl (C=O) groups is 1. The Morgan fingerprint density at radius 3 is 3.15 bits per heavy atom. The number of carbonyl (C=O) groups excluding carboxylic acids is 1. The number of fused-ring (bicyclic) bond motifs is 2. The van der Waals surface area contributed by atoms with E-state index in [4.69, 9.17) is 21.1 Å². The van der Waals surface area contributed by atoms with E-state index >= 15 is 0 Å². The summed E-state index contributed by atoms with van der Waals surface area (Å²) in [6.07, 6.45) is 0.509. The zero-order valence-electron chi connectivity index (χ0n) is 13.8. The molecule has 0 saturated heterocycles. The second kappa shape index (κ2) is 6.69. The van der Waals surface area contributed by atoms with E-state index in [0.717, 1.165) is 11.3 Å². The predicted octanol–water partition coefficient (Wildman–Crippen LogP) is 2.41. The normalized spacial score (nSPS) is 16.2. The van der Waals surface area contributed by atoms with Gasteiger partial charge >= 0.3 is 5.97 Å². The van der Waals surface area contributed by atoms with Crippen molar-refractivity contribution in [1.82, 2.24) is 14.6 Å². The fourth-order valence-electron chi connectivity index (χ4n) is 2.78. The van der Waals surface area contributed by atoms with Crippen LogP contribution in [0.3, 0.4) is 0 Å². The lowest BCUT2D eigenvalue weighted by atomic mass is 9.97. The van der Waals surface area contributed by atoms with Gasteiger partial charge in [0.25, 0.3) is 5.56 Å². The first kappa shape index (κ1) is 17.0. The van der Waals surface area contributed by atoms with Gasteiger partial charge in [-0.05, 0) is 37.1 Å². The number of hydrogen-bond acceptors (Lipinski definition) is 7. The van der Waals surface area contributed by atoms with Crippen molar-refractivity contribution in [3.05, 3.63) is 55.9 Å². The van der Waals surface area contributed by atoms with E-state index in [9.17, 15) is 9.59 Å². The minimum atomic E-state index is -0.404. The van der Waals surface area contributed by atoms with Gasteiger partial charge < -0.3 is 9.47 Å². The Morgan fingerprint density at radius 1 is 1.46 bits per heavy atom. The highest BCUT2D eigenvalue weighted by atomic mass is 35.5. The zero-order valence-corrected chi connectivity index (χ0v) is 15.3. The van der Waals surface area contributed by atoms with Crippen molar-refractivity contribution < 1.29 is 14.3 Å². The number of nitrogens with zero attached hydrogens (tertiary/aromatic N) is 3. The molecule has 1 atom stereocenters. The molecular formula is C17H14ClN3O4S. The average Bonchev–Trinajstić information content (AvgIpc) is 3.02. The molecule has 7 nitrogen and oxygen atoms in total. The Hall–Kier alpha value is -2.45. The molecule has 26 heavy (non-hydrogen) atoms. The molecule has 2 aromatic heterocycles. The maximum atomic E-state index is 12.4.